The lowest BCUT2D eigenvalue weighted by Crippen LogP contribution is -1.93. The maximum Gasteiger partial charge on any atom is 0.164 e. The molecule has 1 heterocycles. The third-order valence-corrected chi connectivity index (χ3v) is 4.36. The van der Waals surface area contributed by atoms with Crippen LogP contribution >= 0.6 is 39.5 Å². The van der Waals surface area contributed by atoms with E-state index in [0.29, 0.717) is 21.2 Å². The topological polar surface area (TPSA) is 41.1 Å². The third-order valence-electron chi connectivity index (χ3n) is 2.49. The fourth-order valence-corrected chi connectivity index (χ4v) is 3.09. The molecule has 1 aromatic carbocycles. The molecule has 0 aliphatic rings. The summed E-state index contributed by atoms with van der Waals surface area (Å²) in [6.45, 7) is 2.70. The molecule has 1 aromatic heterocycles. The van der Waals surface area contributed by atoms with Crippen LogP contribution in [0.5, 0.6) is 0 Å². The first kappa shape index (κ1) is 14.1. The number of rotatable bonds is 3. The van der Waals surface area contributed by atoms with Crippen LogP contribution in [-0.2, 0) is 6.54 Å². The first-order valence-electron chi connectivity index (χ1n) is 5.59. The van der Waals surface area contributed by atoms with Gasteiger partial charge in [-0.15, -0.1) is 0 Å². The fraction of sp³-hybridized carbons (Fsp3) is 0.154. The van der Waals surface area contributed by atoms with Crippen LogP contribution in [0.2, 0.25) is 0 Å². The minimum atomic E-state index is 0.556. The van der Waals surface area contributed by atoms with Crippen LogP contribution in [0.1, 0.15) is 17.4 Å². The molecule has 2 aromatic rings. The van der Waals surface area contributed by atoms with Gasteiger partial charge in [0.1, 0.15) is 6.07 Å². The Morgan fingerprint density at radius 1 is 1.47 bits per heavy atom. The van der Waals surface area contributed by atoms with Crippen LogP contribution in [0.3, 0.4) is 0 Å². The number of nitrogens with zero attached hydrogens (tertiary/aromatic N) is 3. The Bertz CT molecular complexity index is 705. The number of hydrogen-bond donors (Lipinski definition) is 0. The van der Waals surface area contributed by atoms with E-state index in [0.717, 1.165) is 10.0 Å². The zero-order valence-electron chi connectivity index (χ0n) is 10.1. The molecule has 0 spiro atoms. The van der Waals surface area contributed by atoms with Gasteiger partial charge in [-0.05, 0) is 36.8 Å². The smallest absolute Gasteiger partial charge is 0.164 e. The van der Waals surface area contributed by atoms with Crippen molar-refractivity contribution in [3.63, 3.8) is 0 Å². The highest BCUT2D eigenvalue weighted by molar-refractivity contribution is 9.10. The van der Waals surface area contributed by atoms with Gasteiger partial charge in [-0.1, -0.05) is 39.4 Å². The molecule has 0 atom stereocenters. The SMILES string of the molecule is CCn1c(N=Cc2ccc(Br)cc2)c(C#N)sc1=S. The maximum absolute atomic E-state index is 9.11. The van der Waals surface area contributed by atoms with Crippen LogP contribution in [0.4, 0.5) is 5.82 Å². The molecule has 0 aliphatic heterocycles. The zero-order chi connectivity index (χ0) is 13.8. The number of benzene rings is 1. The van der Waals surface area contributed by atoms with Crippen LogP contribution in [-0.4, -0.2) is 10.8 Å². The Morgan fingerprint density at radius 3 is 2.74 bits per heavy atom. The molecule has 0 saturated heterocycles. The summed E-state index contributed by atoms with van der Waals surface area (Å²) in [6, 6.07) is 9.96. The van der Waals surface area contributed by atoms with Gasteiger partial charge in [0, 0.05) is 17.2 Å². The summed E-state index contributed by atoms with van der Waals surface area (Å²) in [4.78, 5) is 4.97. The maximum atomic E-state index is 9.11. The number of hydrogen-bond acceptors (Lipinski definition) is 4. The van der Waals surface area contributed by atoms with Gasteiger partial charge in [0.05, 0.1) is 0 Å². The Kier molecular flexibility index (Phi) is 4.64. The summed E-state index contributed by atoms with van der Waals surface area (Å²) in [5, 5.41) is 9.11. The van der Waals surface area contributed by atoms with Crippen molar-refractivity contribution in [3.8, 4) is 6.07 Å². The van der Waals surface area contributed by atoms with Crippen molar-refractivity contribution in [2.75, 3.05) is 0 Å². The lowest BCUT2D eigenvalue weighted by atomic mass is 10.2. The highest BCUT2D eigenvalue weighted by Gasteiger charge is 2.09. The zero-order valence-corrected chi connectivity index (χ0v) is 13.3. The van der Waals surface area contributed by atoms with Crippen molar-refractivity contribution in [1.29, 1.82) is 5.26 Å². The monoisotopic (exact) mass is 351 g/mol. The number of halogens is 1. The van der Waals surface area contributed by atoms with Gasteiger partial charge in [-0.2, -0.15) is 5.26 Å². The average Bonchev–Trinajstić information content (AvgIpc) is 2.73. The predicted molar refractivity (Wildman–Crippen MR) is 84.9 cm³/mol. The van der Waals surface area contributed by atoms with E-state index in [9.17, 15) is 0 Å². The molecule has 0 radical (unpaired) electrons. The average molecular weight is 352 g/mol. The quantitative estimate of drug-likeness (QED) is 0.594. The van der Waals surface area contributed by atoms with Crippen molar-refractivity contribution in [1.82, 2.24) is 4.57 Å². The van der Waals surface area contributed by atoms with E-state index >= 15 is 0 Å². The largest absolute Gasteiger partial charge is 0.307 e. The first-order valence-corrected chi connectivity index (χ1v) is 7.61. The second kappa shape index (κ2) is 6.24. The Labute approximate surface area is 129 Å². The van der Waals surface area contributed by atoms with Crippen molar-refractivity contribution in [2.24, 2.45) is 4.99 Å². The molecule has 0 fully saturated rings. The molecule has 6 heteroatoms. The van der Waals surface area contributed by atoms with E-state index in [1.165, 1.54) is 11.3 Å². The van der Waals surface area contributed by atoms with Gasteiger partial charge in [0.2, 0.25) is 0 Å². The minimum absolute atomic E-state index is 0.556. The Hall–Kier alpha value is -1.29. The summed E-state index contributed by atoms with van der Waals surface area (Å²) < 4.78 is 3.57. The molecular formula is C13H10BrN3S2. The molecule has 2 rings (SSSR count). The molecule has 96 valence electrons. The third kappa shape index (κ3) is 3.18. The molecule has 0 N–H and O–H groups in total. The van der Waals surface area contributed by atoms with Crippen LogP contribution in [0, 0.1) is 15.3 Å². The normalized spacial score (nSPS) is 10.8. The van der Waals surface area contributed by atoms with Gasteiger partial charge >= 0.3 is 0 Å². The molecular weight excluding hydrogens is 342 g/mol. The summed E-state index contributed by atoms with van der Waals surface area (Å²) in [5.41, 5.74) is 0.979. The number of aliphatic imine (C=N–C) groups is 1. The highest BCUT2D eigenvalue weighted by atomic mass is 79.9. The Morgan fingerprint density at radius 2 is 2.16 bits per heavy atom. The molecule has 19 heavy (non-hydrogen) atoms. The first-order chi connectivity index (χ1) is 9.15. The number of aromatic nitrogens is 1. The minimum Gasteiger partial charge on any atom is -0.307 e. The van der Waals surface area contributed by atoms with E-state index in [4.69, 9.17) is 17.5 Å². The van der Waals surface area contributed by atoms with Crippen LogP contribution in [0.15, 0.2) is 33.7 Å². The fourth-order valence-electron chi connectivity index (χ4n) is 1.56. The molecule has 0 aliphatic carbocycles. The van der Waals surface area contributed by atoms with E-state index < -0.39 is 0 Å². The van der Waals surface area contributed by atoms with Gasteiger partial charge < -0.3 is 4.57 Å². The standard InChI is InChI=1S/C13H10BrN3S2/c1-2-17-12(11(7-15)19-13(17)18)16-8-9-3-5-10(14)6-4-9/h3-6,8H,2H2,1H3. The summed E-state index contributed by atoms with van der Waals surface area (Å²) in [7, 11) is 0. The second-order valence-corrected chi connectivity index (χ2v) is 6.25. The number of thiazole rings is 1. The van der Waals surface area contributed by atoms with E-state index in [1.807, 2.05) is 35.8 Å². The number of nitriles is 1. The molecule has 3 nitrogen and oxygen atoms in total. The lowest BCUT2D eigenvalue weighted by Gasteiger charge is -2.00. The predicted octanol–water partition coefficient (Wildman–Crippen LogP) is 4.68. The van der Waals surface area contributed by atoms with Crippen molar-refractivity contribution in [2.45, 2.75) is 13.5 Å². The Balaban J connectivity index is 2.40. The highest BCUT2D eigenvalue weighted by Crippen LogP contribution is 2.26. The lowest BCUT2D eigenvalue weighted by molar-refractivity contribution is 0.766. The summed E-state index contributed by atoms with van der Waals surface area (Å²) >= 11 is 9.91. The molecule has 0 unspecified atom stereocenters. The molecule has 0 bridgehead atoms. The van der Waals surface area contributed by atoms with E-state index in [2.05, 4.69) is 27.0 Å². The van der Waals surface area contributed by atoms with E-state index in [1.54, 1.807) is 6.21 Å². The summed E-state index contributed by atoms with van der Waals surface area (Å²) in [6.07, 6.45) is 1.75. The molecule has 0 saturated carbocycles. The van der Waals surface area contributed by atoms with Crippen molar-refractivity contribution < 1.29 is 0 Å². The van der Waals surface area contributed by atoms with E-state index in [-0.39, 0.29) is 0 Å². The van der Waals surface area contributed by atoms with Crippen molar-refractivity contribution >= 4 is 51.5 Å². The summed E-state index contributed by atoms with van der Waals surface area (Å²) in [5.74, 6) is 0.642. The van der Waals surface area contributed by atoms with Gasteiger partial charge in [0.25, 0.3) is 0 Å². The second-order valence-electron chi connectivity index (χ2n) is 3.69. The van der Waals surface area contributed by atoms with Crippen LogP contribution < -0.4 is 0 Å². The van der Waals surface area contributed by atoms with Crippen molar-refractivity contribution in [3.05, 3.63) is 43.1 Å². The van der Waals surface area contributed by atoms with Gasteiger partial charge in [0.15, 0.2) is 14.6 Å². The van der Waals surface area contributed by atoms with Gasteiger partial charge in [-0.25, -0.2) is 4.99 Å². The van der Waals surface area contributed by atoms with Crippen LogP contribution in [0.25, 0.3) is 0 Å². The van der Waals surface area contributed by atoms with Gasteiger partial charge in [-0.3, -0.25) is 0 Å². The molecule has 0 amide bonds.